The van der Waals surface area contributed by atoms with Crippen LogP contribution in [0.3, 0.4) is 0 Å². The molecule has 22 heavy (non-hydrogen) atoms. The molecule has 0 radical (unpaired) electrons. The van der Waals surface area contributed by atoms with Gasteiger partial charge < -0.3 is 14.4 Å². The van der Waals surface area contributed by atoms with E-state index in [-0.39, 0.29) is 12.5 Å². The van der Waals surface area contributed by atoms with Gasteiger partial charge in [0.05, 0.1) is 17.9 Å². The Morgan fingerprint density at radius 2 is 1.45 bits per heavy atom. The van der Waals surface area contributed by atoms with Gasteiger partial charge in [-0.15, -0.1) is 0 Å². The Morgan fingerprint density at radius 1 is 1.00 bits per heavy atom. The summed E-state index contributed by atoms with van der Waals surface area (Å²) < 4.78 is 10.4. The van der Waals surface area contributed by atoms with Crippen molar-refractivity contribution in [2.24, 2.45) is 0 Å². The second-order valence-electron chi connectivity index (χ2n) is 5.42. The van der Waals surface area contributed by atoms with E-state index in [4.69, 9.17) is 9.05 Å². The van der Waals surface area contributed by atoms with Crippen molar-refractivity contribution in [1.82, 2.24) is 20.5 Å². The fourth-order valence-electron chi connectivity index (χ4n) is 2.35. The van der Waals surface area contributed by atoms with Gasteiger partial charge in [0, 0.05) is 31.3 Å². The normalized spacial score (nSPS) is 11.2. The molecular weight excluding hydrogens is 284 g/mol. The Kier molecular flexibility index (Phi) is 4.97. The van der Waals surface area contributed by atoms with Crippen molar-refractivity contribution in [2.45, 2.75) is 40.8 Å². The summed E-state index contributed by atoms with van der Waals surface area (Å²) in [6.45, 7) is 9.01. The van der Waals surface area contributed by atoms with Gasteiger partial charge in [-0.1, -0.05) is 10.3 Å². The summed E-state index contributed by atoms with van der Waals surface area (Å²) in [6.07, 6.45) is 0. The molecule has 0 bridgehead atoms. The van der Waals surface area contributed by atoms with Crippen molar-refractivity contribution in [3.05, 3.63) is 34.0 Å². The van der Waals surface area contributed by atoms with Crippen LogP contribution in [0, 0.1) is 27.7 Å². The third-order valence-electron chi connectivity index (χ3n) is 3.77. The summed E-state index contributed by atoms with van der Waals surface area (Å²) in [5.74, 6) is 1.51. The summed E-state index contributed by atoms with van der Waals surface area (Å²) in [7, 11) is 1.63. The Hall–Kier alpha value is -2.15. The molecule has 7 nitrogen and oxygen atoms in total. The van der Waals surface area contributed by atoms with Crippen molar-refractivity contribution in [3.8, 4) is 0 Å². The van der Waals surface area contributed by atoms with Crippen molar-refractivity contribution < 1.29 is 13.8 Å². The molecule has 7 heteroatoms. The summed E-state index contributed by atoms with van der Waals surface area (Å²) in [4.78, 5) is 13.8. The van der Waals surface area contributed by atoms with Crippen LogP contribution in [0.15, 0.2) is 9.05 Å². The maximum absolute atomic E-state index is 11.8. The van der Waals surface area contributed by atoms with Crippen LogP contribution in [0.1, 0.15) is 34.0 Å². The van der Waals surface area contributed by atoms with Gasteiger partial charge in [0.2, 0.25) is 5.91 Å². The lowest BCUT2D eigenvalue weighted by atomic mass is 10.1. The highest BCUT2D eigenvalue weighted by atomic mass is 16.5. The van der Waals surface area contributed by atoms with E-state index >= 15 is 0 Å². The van der Waals surface area contributed by atoms with Crippen LogP contribution in [0.5, 0.6) is 0 Å². The molecule has 0 aromatic carbocycles. The standard InChI is InChI=1S/C15H22N4O3/c1-9-13(11(3)21-17-9)6-19(8-15(20)16-5)7-14-10(2)18-22-12(14)4/h6-8H2,1-5H3,(H,16,20). The molecule has 0 fully saturated rings. The number of carbonyl (C=O) groups excluding carboxylic acids is 1. The molecule has 0 spiro atoms. The largest absolute Gasteiger partial charge is 0.361 e. The van der Waals surface area contributed by atoms with E-state index in [0.717, 1.165) is 34.0 Å². The van der Waals surface area contributed by atoms with Crippen molar-refractivity contribution in [2.75, 3.05) is 13.6 Å². The van der Waals surface area contributed by atoms with Crippen molar-refractivity contribution >= 4 is 5.91 Å². The number of amides is 1. The Morgan fingerprint density at radius 3 is 1.77 bits per heavy atom. The van der Waals surface area contributed by atoms with Gasteiger partial charge in [-0.3, -0.25) is 9.69 Å². The van der Waals surface area contributed by atoms with E-state index < -0.39 is 0 Å². The predicted octanol–water partition coefficient (Wildman–Crippen LogP) is 1.64. The van der Waals surface area contributed by atoms with Gasteiger partial charge >= 0.3 is 0 Å². The van der Waals surface area contributed by atoms with Crippen LogP contribution in [-0.2, 0) is 17.9 Å². The van der Waals surface area contributed by atoms with Gasteiger partial charge in [-0.2, -0.15) is 0 Å². The number of carbonyl (C=O) groups is 1. The topological polar surface area (TPSA) is 84.4 Å². The highest BCUT2D eigenvalue weighted by molar-refractivity contribution is 5.77. The van der Waals surface area contributed by atoms with E-state index in [9.17, 15) is 4.79 Å². The Labute approximate surface area is 129 Å². The van der Waals surface area contributed by atoms with Crippen molar-refractivity contribution in [3.63, 3.8) is 0 Å². The third kappa shape index (κ3) is 3.54. The molecule has 0 aliphatic carbocycles. The maximum atomic E-state index is 11.8. The molecular formula is C15H22N4O3. The van der Waals surface area contributed by atoms with Gasteiger partial charge in [-0.25, -0.2) is 0 Å². The van der Waals surface area contributed by atoms with Crippen LogP contribution in [0.2, 0.25) is 0 Å². The lowest BCUT2D eigenvalue weighted by Gasteiger charge is -2.21. The average molecular weight is 306 g/mol. The first-order chi connectivity index (χ1) is 10.4. The molecule has 2 heterocycles. The number of aromatic nitrogens is 2. The fourth-order valence-corrected chi connectivity index (χ4v) is 2.35. The first kappa shape index (κ1) is 16.2. The molecule has 2 aromatic heterocycles. The SMILES string of the molecule is CNC(=O)CN(Cc1c(C)noc1C)Cc1c(C)noc1C. The molecule has 0 saturated heterocycles. The highest BCUT2D eigenvalue weighted by Crippen LogP contribution is 2.19. The van der Waals surface area contributed by atoms with Gasteiger partial charge in [0.1, 0.15) is 11.5 Å². The van der Waals surface area contributed by atoms with Crippen LogP contribution >= 0.6 is 0 Å². The number of likely N-dealkylation sites (N-methyl/N-ethyl adjacent to an activating group) is 1. The molecule has 2 aromatic rings. The summed E-state index contributed by atoms with van der Waals surface area (Å²) in [5.41, 5.74) is 3.71. The monoisotopic (exact) mass is 306 g/mol. The van der Waals surface area contributed by atoms with E-state index in [1.807, 2.05) is 32.6 Å². The van der Waals surface area contributed by atoms with Gasteiger partial charge in [-0.05, 0) is 27.7 Å². The predicted molar refractivity (Wildman–Crippen MR) is 80.1 cm³/mol. The lowest BCUT2D eigenvalue weighted by molar-refractivity contribution is -0.122. The van der Waals surface area contributed by atoms with Crippen LogP contribution < -0.4 is 5.32 Å². The number of nitrogens with one attached hydrogen (secondary N) is 1. The quantitative estimate of drug-likeness (QED) is 0.873. The summed E-state index contributed by atoms with van der Waals surface area (Å²) >= 11 is 0. The Balaban J connectivity index is 2.21. The molecule has 0 aliphatic heterocycles. The van der Waals surface area contributed by atoms with Crippen molar-refractivity contribution in [1.29, 1.82) is 0 Å². The maximum Gasteiger partial charge on any atom is 0.233 e. The zero-order valence-electron chi connectivity index (χ0n) is 13.7. The van der Waals surface area contributed by atoms with Crippen LogP contribution in [0.4, 0.5) is 0 Å². The fraction of sp³-hybridized carbons (Fsp3) is 0.533. The molecule has 0 unspecified atom stereocenters. The highest BCUT2D eigenvalue weighted by Gasteiger charge is 2.19. The van der Waals surface area contributed by atoms with E-state index in [2.05, 4.69) is 15.6 Å². The van der Waals surface area contributed by atoms with E-state index in [1.54, 1.807) is 7.05 Å². The van der Waals surface area contributed by atoms with E-state index in [0.29, 0.717) is 13.1 Å². The Bertz CT molecular complexity index is 573. The zero-order chi connectivity index (χ0) is 16.3. The zero-order valence-corrected chi connectivity index (χ0v) is 13.7. The molecule has 1 N–H and O–H groups in total. The second kappa shape index (κ2) is 6.74. The van der Waals surface area contributed by atoms with Gasteiger partial charge in [0.15, 0.2) is 0 Å². The van der Waals surface area contributed by atoms with Gasteiger partial charge in [0.25, 0.3) is 0 Å². The minimum Gasteiger partial charge on any atom is -0.361 e. The summed E-state index contributed by atoms with van der Waals surface area (Å²) in [5, 5.41) is 10.6. The molecule has 2 rings (SSSR count). The minimum absolute atomic E-state index is 0.0430. The minimum atomic E-state index is -0.0430. The molecule has 120 valence electrons. The molecule has 1 amide bonds. The second-order valence-corrected chi connectivity index (χ2v) is 5.42. The number of hydrogen-bond acceptors (Lipinski definition) is 6. The number of nitrogens with zero attached hydrogens (tertiary/aromatic N) is 3. The number of aryl methyl sites for hydroxylation is 4. The van der Waals surface area contributed by atoms with Crippen LogP contribution in [0.25, 0.3) is 0 Å². The smallest absolute Gasteiger partial charge is 0.233 e. The number of rotatable bonds is 6. The first-order valence-corrected chi connectivity index (χ1v) is 7.18. The first-order valence-electron chi connectivity index (χ1n) is 7.18. The van der Waals surface area contributed by atoms with E-state index in [1.165, 1.54) is 0 Å². The summed E-state index contributed by atoms with van der Waals surface area (Å²) in [6, 6.07) is 0. The molecule has 0 atom stereocenters. The average Bonchev–Trinajstić information content (AvgIpc) is 2.97. The molecule has 0 aliphatic rings. The van der Waals surface area contributed by atoms with Crippen LogP contribution in [-0.4, -0.2) is 34.7 Å². The third-order valence-corrected chi connectivity index (χ3v) is 3.77. The lowest BCUT2D eigenvalue weighted by Crippen LogP contribution is -2.35. The molecule has 0 saturated carbocycles. The number of hydrogen-bond donors (Lipinski definition) is 1.